The van der Waals surface area contributed by atoms with Gasteiger partial charge in [-0.25, -0.2) is 0 Å². The van der Waals surface area contributed by atoms with Crippen LogP contribution in [0.1, 0.15) is 17.3 Å². The van der Waals surface area contributed by atoms with E-state index in [2.05, 4.69) is 5.32 Å². The molecule has 0 spiro atoms. The molecule has 0 radical (unpaired) electrons. The van der Waals surface area contributed by atoms with Crippen molar-refractivity contribution in [3.8, 4) is 5.75 Å². The fraction of sp³-hybridized carbons (Fsp3) is 0.0625. The lowest BCUT2D eigenvalue weighted by atomic mass is 10.1. The lowest BCUT2D eigenvalue weighted by molar-refractivity contribution is 0.104. The van der Waals surface area contributed by atoms with Crippen LogP contribution in [0.4, 0.5) is 5.69 Å². The van der Waals surface area contributed by atoms with E-state index in [0.717, 1.165) is 5.69 Å². The Morgan fingerprint density at radius 2 is 1.90 bits per heavy atom. The van der Waals surface area contributed by atoms with Gasteiger partial charge in [-0.3, -0.25) is 4.79 Å². The summed E-state index contributed by atoms with van der Waals surface area (Å²) < 4.78 is 0. The van der Waals surface area contributed by atoms with Crippen molar-refractivity contribution in [2.24, 2.45) is 0 Å². The number of phenols is 1. The predicted octanol–water partition coefficient (Wildman–Crippen LogP) is 4.24. The first-order valence-electron chi connectivity index (χ1n) is 6.09. The maximum atomic E-state index is 12.0. The minimum atomic E-state index is -0.105. The van der Waals surface area contributed by atoms with E-state index in [1.165, 1.54) is 6.08 Å². The average Bonchev–Trinajstić information content (AvgIpc) is 2.39. The highest BCUT2D eigenvalue weighted by molar-refractivity contribution is 6.30. The van der Waals surface area contributed by atoms with Crippen LogP contribution in [0.15, 0.2) is 60.3 Å². The molecule has 0 aliphatic heterocycles. The Morgan fingerprint density at radius 1 is 1.20 bits per heavy atom. The third kappa shape index (κ3) is 3.87. The van der Waals surface area contributed by atoms with Gasteiger partial charge in [-0.2, -0.15) is 0 Å². The first kappa shape index (κ1) is 14.2. The van der Waals surface area contributed by atoms with E-state index < -0.39 is 0 Å². The van der Waals surface area contributed by atoms with Crippen molar-refractivity contribution in [3.63, 3.8) is 0 Å². The Kier molecular flexibility index (Phi) is 4.43. The number of ketones is 1. The highest BCUT2D eigenvalue weighted by Gasteiger charge is 2.03. The van der Waals surface area contributed by atoms with Gasteiger partial charge in [-0.1, -0.05) is 17.7 Å². The number of aromatic hydroxyl groups is 1. The molecule has 0 fully saturated rings. The highest BCUT2D eigenvalue weighted by atomic mass is 35.5. The molecule has 4 heteroatoms. The Hall–Kier alpha value is -2.26. The van der Waals surface area contributed by atoms with Crippen LogP contribution < -0.4 is 5.32 Å². The van der Waals surface area contributed by atoms with Gasteiger partial charge in [0.15, 0.2) is 5.78 Å². The molecule has 0 unspecified atom stereocenters. The maximum absolute atomic E-state index is 12.0. The summed E-state index contributed by atoms with van der Waals surface area (Å²) in [5, 5.41) is 13.0. The van der Waals surface area contributed by atoms with E-state index in [1.807, 2.05) is 6.07 Å². The zero-order valence-corrected chi connectivity index (χ0v) is 11.7. The van der Waals surface area contributed by atoms with E-state index in [4.69, 9.17) is 11.6 Å². The number of carbonyl (C=O) groups is 1. The molecule has 2 rings (SSSR count). The summed E-state index contributed by atoms with van der Waals surface area (Å²) in [5.74, 6) is 0.0682. The van der Waals surface area contributed by atoms with Crippen LogP contribution in [-0.4, -0.2) is 10.9 Å². The molecule has 0 bridgehead atoms. The first-order valence-corrected chi connectivity index (χ1v) is 6.46. The van der Waals surface area contributed by atoms with Crippen LogP contribution in [0.5, 0.6) is 5.75 Å². The Balaban J connectivity index is 2.10. The summed E-state index contributed by atoms with van der Waals surface area (Å²) in [6.45, 7) is 1.79. The molecule has 0 aromatic heterocycles. The van der Waals surface area contributed by atoms with Crippen molar-refractivity contribution < 1.29 is 9.90 Å². The number of phenolic OH excluding ortho intramolecular Hbond substituents is 1. The molecule has 0 aliphatic rings. The van der Waals surface area contributed by atoms with Crippen LogP contribution in [0, 0.1) is 0 Å². The van der Waals surface area contributed by atoms with Crippen molar-refractivity contribution in [1.29, 1.82) is 0 Å². The zero-order valence-electron chi connectivity index (χ0n) is 10.9. The molecule has 2 N–H and O–H groups in total. The van der Waals surface area contributed by atoms with Gasteiger partial charge in [-0.15, -0.1) is 0 Å². The number of benzene rings is 2. The van der Waals surface area contributed by atoms with Gasteiger partial charge in [0.25, 0.3) is 0 Å². The van der Waals surface area contributed by atoms with Gasteiger partial charge in [-0.05, 0) is 43.3 Å². The van der Waals surface area contributed by atoms with Crippen molar-refractivity contribution in [2.75, 3.05) is 5.32 Å². The number of rotatable bonds is 4. The van der Waals surface area contributed by atoms with E-state index in [-0.39, 0.29) is 11.5 Å². The maximum Gasteiger partial charge on any atom is 0.187 e. The van der Waals surface area contributed by atoms with Crippen molar-refractivity contribution in [2.45, 2.75) is 6.92 Å². The van der Waals surface area contributed by atoms with Crippen molar-refractivity contribution in [1.82, 2.24) is 0 Å². The third-order valence-corrected chi connectivity index (χ3v) is 2.92. The normalized spacial score (nSPS) is 11.2. The third-order valence-electron chi connectivity index (χ3n) is 2.66. The molecule has 0 saturated heterocycles. The summed E-state index contributed by atoms with van der Waals surface area (Å²) >= 11 is 5.78. The fourth-order valence-corrected chi connectivity index (χ4v) is 1.87. The van der Waals surface area contributed by atoms with Gasteiger partial charge >= 0.3 is 0 Å². The van der Waals surface area contributed by atoms with Crippen molar-refractivity contribution in [3.05, 3.63) is 70.9 Å². The molecule has 2 aromatic rings. The molecule has 0 aliphatic carbocycles. The predicted molar refractivity (Wildman–Crippen MR) is 81.3 cm³/mol. The zero-order chi connectivity index (χ0) is 14.5. The van der Waals surface area contributed by atoms with E-state index in [1.54, 1.807) is 49.4 Å². The first-order chi connectivity index (χ1) is 9.54. The van der Waals surface area contributed by atoms with Gasteiger partial charge in [0.05, 0.1) is 0 Å². The summed E-state index contributed by atoms with van der Waals surface area (Å²) in [7, 11) is 0. The van der Waals surface area contributed by atoms with Gasteiger partial charge in [0.1, 0.15) is 5.75 Å². The van der Waals surface area contributed by atoms with Crippen LogP contribution in [0.3, 0.4) is 0 Å². The quantitative estimate of drug-likeness (QED) is 0.653. The molecule has 0 amide bonds. The summed E-state index contributed by atoms with van der Waals surface area (Å²) in [6.07, 6.45) is 1.51. The van der Waals surface area contributed by atoms with Crippen LogP contribution in [-0.2, 0) is 0 Å². The molecule has 102 valence electrons. The topological polar surface area (TPSA) is 49.3 Å². The molecular formula is C16H14ClNO2. The number of halogens is 1. The molecule has 0 heterocycles. The van der Waals surface area contributed by atoms with E-state index >= 15 is 0 Å². The molecule has 2 aromatic carbocycles. The fourth-order valence-electron chi connectivity index (χ4n) is 1.74. The number of nitrogens with one attached hydrogen (secondary N) is 1. The monoisotopic (exact) mass is 287 g/mol. The molecule has 3 nitrogen and oxygen atoms in total. The molecule has 0 atom stereocenters. The lowest BCUT2D eigenvalue weighted by Gasteiger charge is -2.06. The average molecular weight is 288 g/mol. The smallest absolute Gasteiger partial charge is 0.187 e. The summed E-state index contributed by atoms with van der Waals surface area (Å²) in [4.78, 5) is 12.0. The molecule has 20 heavy (non-hydrogen) atoms. The van der Waals surface area contributed by atoms with E-state index in [9.17, 15) is 9.90 Å². The second-order valence-corrected chi connectivity index (χ2v) is 4.81. The molecular weight excluding hydrogens is 274 g/mol. The van der Waals surface area contributed by atoms with Crippen molar-refractivity contribution >= 4 is 23.1 Å². The number of carbonyl (C=O) groups excluding carboxylic acids is 1. The number of anilines is 1. The lowest BCUT2D eigenvalue weighted by Crippen LogP contribution is -2.01. The Morgan fingerprint density at radius 3 is 2.55 bits per heavy atom. The summed E-state index contributed by atoms with van der Waals surface area (Å²) in [6, 6.07) is 13.4. The largest absolute Gasteiger partial charge is 0.508 e. The second-order valence-electron chi connectivity index (χ2n) is 4.37. The number of hydrogen-bond acceptors (Lipinski definition) is 3. The van der Waals surface area contributed by atoms with E-state index in [0.29, 0.717) is 16.3 Å². The van der Waals surface area contributed by atoms with Crippen LogP contribution >= 0.6 is 11.6 Å². The minimum absolute atomic E-state index is 0.105. The SMILES string of the molecule is CC(=CC(=O)c1ccc(Cl)cc1)Nc1cccc(O)c1. The minimum Gasteiger partial charge on any atom is -0.508 e. The Labute approximate surface area is 122 Å². The Bertz CT molecular complexity index is 648. The van der Waals surface area contributed by atoms with Gasteiger partial charge in [0.2, 0.25) is 0 Å². The standard InChI is InChI=1S/C16H14ClNO2/c1-11(18-14-3-2-4-15(19)10-14)9-16(20)12-5-7-13(17)8-6-12/h2-10,18-19H,1H3. The van der Waals surface area contributed by atoms with Crippen LogP contribution in [0.2, 0.25) is 5.02 Å². The van der Waals surface area contributed by atoms with Gasteiger partial charge < -0.3 is 10.4 Å². The van der Waals surface area contributed by atoms with Crippen LogP contribution in [0.25, 0.3) is 0 Å². The number of allylic oxidation sites excluding steroid dienone is 2. The number of hydrogen-bond donors (Lipinski definition) is 2. The summed E-state index contributed by atoms with van der Waals surface area (Å²) in [5.41, 5.74) is 1.99. The van der Waals surface area contributed by atoms with Gasteiger partial charge in [0, 0.05) is 34.1 Å². The second kappa shape index (κ2) is 6.26. The highest BCUT2D eigenvalue weighted by Crippen LogP contribution is 2.17. The molecule has 0 saturated carbocycles.